The molecule has 2 unspecified atom stereocenters. The summed E-state index contributed by atoms with van der Waals surface area (Å²) in [6.07, 6.45) is 11.9. The highest BCUT2D eigenvalue weighted by Crippen LogP contribution is 2.37. The monoisotopic (exact) mass is 331 g/mol. The number of nitrogens with two attached hydrogens (primary N) is 1. The molecule has 0 aromatic carbocycles. The highest BCUT2D eigenvalue weighted by molar-refractivity contribution is 8.00. The van der Waals surface area contributed by atoms with Crippen LogP contribution in [-0.4, -0.2) is 36.5 Å². The van der Waals surface area contributed by atoms with Gasteiger partial charge in [-0.25, -0.2) is 9.97 Å². The number of thioether (sulfide) groups is 1. The molecular weight excluding hydrogens is 310 g/mol. The molecule has 0 spiro atoms. The van der Waals surface area contributed by atoms with E-state index in [4.69, 9.17) is 5.73 Å². The zero-order valence-corrected chi connectivity index (χ0v) is 13.7. The summed E-state index contributed by atoms with van der Waals surface area (Å²) in [5.74, 6) is 0.518. The summed E-state index contributed by atoms with van der Waals surface area (Å²) in [5, 5.41) is 10.8. The molecule has 3 N–H and O–H groups in total. The Kier molecular flexibility index (Phi) is 3.98. The Labute approximate surface area is 139 Å². The summed E-state index contributed by atoms with van der Waals surface area (Å²) >= 11 is 1.79. The Morgan fingerprint density at radius 1 is 1.26 bits per heavy atom. The van der Waals surface area contributed by atoms with Crippen LogP contribution >= 0.6 is 11.8 Å². The van der Waals surface area contributed by atoms with E-state index < -0.39 is 0 Å². The van der Waals surface area contributed by atoms with Crippen molar-refractivity contribution in [3.05, 3.63) is 18.5 Å². The Bertz CT molecular complexity index is 737. The molecule has 2 aromatic heterocycles. The van der Waals surface area contributed by atoms with Gasteiger partial charge in [0.1, 0.15) is 10.5 Å². The number of rotatable bonds is 4. The molecule has 23 heavy (non-hydrogen) atoms. The predicted molar refractivity (Wildman–Crippen MR) is 91.2 cm³/mol. The van der Waals surface area contributed by atoms with Gasteiger partial charge in [-0.2, -0.15) is 4.98 Å². The zero-order valence-electron chi connectivity index (χ0n) is 12.9. The Balaban J connectivity index is 1.68. The first-order valence-corrected chi connectivity index (χ1v) is 9.08. The van der Waals surface area contributed by atoms with E-state index in [1.165, 1.54) is 25.7 Å². The average molecular weight is 331 g/mol. The van der Waals surface area contributed by atoms with Crippen molar-refractivity contribution in [2.75, 3.05) is 12.3 Å². The van der Waals surface area contributed by atoms with E-state index in [2.05, 4.69) is 31.7 Å². The molecule has 1 saturated carbocycles. The fourth-order valence-electron chi connectivity index (χ4n) is 3.49. The van der Waals surface area contributed by atoms with Gasteiger partial charge in [-0.15, -0.1) is 11.8 Å². The minimum Gasteiger partial charge on any atom is -0.396 e. The second-order valence-corrected chi connectivity index (χ2v) is 7.65. The van der Waals surface area contributed by atoms with Gasteiger partial charge in [0.25, 0.3) is 0 Å². The number of fused-ring (bicyclic) bond motifs is 1. The van der Waals surface area contributed by atoms with Crippen LogP contribution in [0.15, 0.2) is 23.5 Å². The third kappa shape index (κ3) is 2.83. The minimum absolute atomic E-state index is 0.177. The number of aliphatic hydroxyl groups excluding tert-OH is 1. The lowest BCUT2D eigenvalue weighted by atomic mass is 10.1. The van der Waals surface area contributed by atoms with Crippen molar-refractivity contribution >= 4 is 28.9 Å². The van der Waals surface area contributed by atoms with E-state index in [0.717, 1.165) is 22.6 Å². The summed E-state index contributed by atoms with van der Waals surface area (Å²) in [4.78, 5) is 13.4. The van der Waals surface area contributed by atoms with Gasteiger partial charge in [0.2, 0.25) is 5.95 Å². The van der Waals surface area contributed by atoms with E-state index in [9.17, 15) is 5.11 Å². The first kappa shape index (κ1) is 15.0. The quantitative estimate of drug-likeness (QED) is 0.661. The highest BCUT2D eigenvalue weighted by atomic mass is 32.2. The number of aliphatic hydroxyl groups is 1. The van der Waals surface area contributed by atoms with E-state index >= 15 is 0 Å². The van der Waals surface area contributed by atoms with E-state index in [-0.39, 0.29) is 18.6 Å². The van der Waals surface area contributed by atoms with Gasteiger partial charge >= 0.3 is 0 Å². The maximum atomic E-state index is 9.32. The van der Waals surface area contributed by atoms with Gasteiger partial charge in [-0.1, -0.05) is 25.0 Å². The smallest absolute Gasteiger partial charge is 0.223 e. The third-order valence-corrected chi connectivity index (χ3v) is 6.04. The molecule has 4 rings (SSSR count). The molecule has 2 aliphatic rings. The van der Waals surface area contributed by atoms with Gasteiger partial charge in [0.15, 0.2) is 5.65 Å². The molecule has 2 heterocycles. The predicted octanol–water partition coefficient (Wildman–Crippen LogP) is 2.55. The average Bonchev–Trinajstić information content (AvgIpc) is 3.26. The van der Waals surface area contributed by atoms with Gasteiger partial charge in [-0.05, 0) is 19.3 Å². The van der Waals surface area contributed by atoms with Crippen LogP contribution in [0.2, 0.25) is 0 Å². The van der Waals surface area contributed by atoms with E-state index in [0.29, 0.717) is 11.2 Å². The summed E-state index contributed by atoms with van der Waals surface area (Å²) in [5.41, 5.74) is 7.59. The van der Waals surface area contributed by atoms with Crippen molar-refractivity contribution in [3.63, 3.8) is 0 Å². The van der Waals surface area contributed by atoms with Crippen LogP contribution in [0.4, 0.5) is 5.95 Å². The number of nitrogen functional groups attached to an aromatic ring is 1. The molecule has 7 heteroatoms. The molecule has 0 bridgehead atoms. The fourth-order valence-corrected chi connectivity index (χ4v) is 4.78. The van der Waals surface area contributed by atoms with Crippen molar-refractivity contribution in [2.24, 2.45) is 5.92 Å². The van der Waals surface area contributed by atoms with Crippen LogP contribution in [0.1, 0.15) is 38.1 Å². The number of aromatic nitrogens is 4. The van der Waals surface area contributed by atoms with Gasteiger partial charge in [0.05, 0.1) is 12.4 Å². The van der Waals surface area contributed by atoms with Crippen LogP contribution in [0.5, 0.6) is 0 Å². The maximum absolute atomic E-state index is 9.32. The molecule has 0 amide bonds. The lowest BCUT2D eigenvalue weighted by Gasteiger charge is -2.13. The van der Waals surface area contributed by atoms with E-state index in [1.54, 1.807) is 11.8 Å². The third-order valence-electron chi connectivity index (χ3n) is 4.73. The highest BCUT2D eigenvalue weighted by Gasteiger charge is 2.24. The van der Waals surface area contributed by atoms with Crippen LogP contribution in [0, 0.1) is 5.92 Å². The number of nitrogens with zero attached hydrogens (tertiary/aromatic N) is 4. The number of anilines is 1. The minimum atomic E-state index is 0.177. The summed E-state index contributed by atoms with van der Waals surface area (Å²) < 4.78 is 2.05. The first-order chi connectivity index (χ1) is 11.2. The fraction of sp³-hybridized carbons (Fsp3) is 0.562. The normalized spacial score (nSPS) is 24.9. The summed E-state index contributed by atoms with van der Waals surface area (Å²) in [6.45, 7) is 0.180. The molecular formula is C16H21N5OS. The SMILES string of the molecule is Nc1nc(SC2CCCC2)c2ncn(C3C=CC(CO)C3)c2n1. The lowest BCUT2D eigenvalue weighted by Crippen LogP contribution is -2.09. The van der Waals surface area contributed by atoms with Gasteiger partial charge in [0, 0.05) is 17.8 Å². The molecule has 0 aliphatic heterocycles. The second-order valence-electron chi connectivity index (χ2n) is 6.37. The van der Waals surface area contributed by atoms with Crippen LogP contribution in [-0.2, 0) is 0 Å². The first-order valence-electron chi connectivity index (χ1n) is 8.20. The van der Waals surface area contributed by atoms with Crippen molar-refractivity contribution in [1.82, 2.24) is 19.5 Å². The number of hydrogen-bond acceptors (Lipinski definition) is 6. The molecule has 2 aliphatic carbocycles. The lowest BCUT2D eigenvalue weighted by molar-refractivity contribution is 0.244. The van der Waals surface area contributed by atoms with Crippen LogP contribution in [0.3, 0.4) is 0 Å². The van der Waals surface area contributed by atoms with Gasteiger partial charge < -0.3 is 15.4 Å². The topological polar surface area (TPSA) is 89.8 Å². The molecule has 122 valence electrons. The maximum Gasteiger partial charge on any atom is 0.223 e. The zero-order chi connectivity index (χ0) is 15.8. The molecule has 6 nitrogen and oxygen atoms in total. The standard InChI is InChI=1S/C16H21N5OS/c17-16-19-14-13(15(20-16)23-12-3-1-2-4-12)18-9-21(14)11-6-5-10(7-11)8-22/h5-6,9-12,22H,1-4,7-8H2,(H2,17,19,20). The van der Waals surface area contributed by atoms with E-state index in [1.807, 2.05) is 6.33 Å². The summed E-state index contributed by atoms with van der Waals surface area (Å²) in [6, 6.07) is 0.177. The van der Waals surface area contributed by atoms with Crippen molar-refractivity contribution < 1.29 is 5.11 Å². The Morgan fingerprint density at radius 3 is 2.83 bits per heavy atom. The Morgan fingerprint density at radius 2 is 2.09 bits per heavy atom. The molecule has 1 fully saturated rings. The van der Waals surface area contributed by atoms with Crippen LogP contribution in [0.25, 0.3) is 11.2 Å². The largest absolute Gasteiger partial charge is 0.396 e. The molecule has 0 radical (unpaired) electrons. The van der Waals surface area contributed by atoms with Gasteiger partial charge in [-0.3, -0.25) is 0 Å². The Hall–Kier alpha value is -1.60. The summed E-state index contributed by atoms with van der Waals surface area (Å²) in [7, 11) is 0. The van der Waals surface area contributed by atoms with Crippen molar-refractivity contribution in [3.8, 4) is 0 Å². The molecule has 2 atom stereocenters. The molecule has 2 aromatic rings. The van der Waals surface area contributed by atoms with Crippen molar-refractivity contribution in [1.29, 1.82) is 0 Å². The van der Waals surface area contributed by atoms with Crippen molar-refractivity contribution in [2.45, 2.75) is 48.4 Å². The number of imidazole rings is 1. The number of allylic oxidation sites excluding steroid dienone is 1. The number of hydrogen-bond donors (Lipinski definition) is 2. The second kappa shape index (κ2) is 6.13. The molecule has 0 saturated heterocycles. The van der Waals surface area contributed by atoms with Crippen LogP contribution < -0.4 is 5.73 Å².